The van der Waals surface area contributed by atoms with Crippen molar-refractivity contribution in [3.8, 4) is 33.8 Å². The molecule has 0 saturated heterocycles. The smallest absolute Gasteiger partial charge is 0.119 e. The summed E-state index contributed by atoms with van der Waals surface area (Å²) in [5.74, 6) is 1.87. The van der Waals surface area contributed by atoms with Gasteiger partial charge in [0, 0.05) is 10.5 Å². The Kier molecular flexibility index (Phi) is 13.5. The van der Waals surface area contributed by atoms with Crippen LogP contribution in [0.5, 0.6) is 11.5 Å². The SMILES string of the molecule is CCCCCCCCOc1ccc(-c2cccc(S)c2-c2ccc(OCCCCCCCC)cc2)cc1. The number of benzene rings is 3. The second kappa shape index (κ2) is 17.2. The van der Waals surface area contributed by atoms with Crippen molar-refractivity contribution in [1.82, 2.24) is 0 Å². The Bertz CT molecular complexity index is 1010. The molecule has 37 heavy (non-hydrogen) atoms. The summed E-state index contributed by atoms with van der Waals surface area (Å²) < 4.78 is 12.0. The van der Waals surface area contributed by atoms with Gasteiger partial charge in [0.15, 0.2) is 0 Å². The number of hydrogen-bond donors (Lipinski definition) is 1. The fraction of sp³-hybridized carbons (Fsp3) is 0.471. The Hall–Kier alpha value is -2.39. The molecule has 0 amide bonds. The lowest BCUT2D eigenvalue weighted by Crippen LogP contribution is -1.97. The number of unbranched alkanes of at least 4 members (excludes halogenated alkanes) is 10. The molecule has 3 heteroatoms. The van der Waals surface area contributed by atoms with Crippen LogP contribution in [0.2, 0.25) is 0 Å². The van der Waals surface area contributed by atoms with Gasteiger partial charge in [0.2, 0.25) is 0 Å². The summed E-state index contributed by atoms with van der Waals surface area (Å²) >= 11 is 4.81. The largest absolute Gasteiger partial charge is 0.494 e. The minimum absolute atomic E-state index is 0.785. The fourth-order valence-electron chi connectivity index (χ4n) is 4.68. The lowest BCUT2D eigenvalue weighted by molar-refractivity contribution is 0.304. The molecule has 0 aliphatic rings. The topological polar surface area (TPSA) is 18.5 Å². The van der Waals surface area contributed by atoms with Gasteiger partial charge in [0.1, 0.15) is 11.5 Å². The van der Waals surface area contributed by atoms with E-state index in [9.17, 15) is 0 Å². The average Bonchev–Trinajstić information content (AvgIpc) is 2.93. The van der Waals surface area contributed by atoms with Crippen LogP contribution < -0.4 is 9.47 Å². The highest BCUT2D eigenvalue weighted by Gasteiger charge is 2.11. The normalized spacial score (nSPS) is 11.0. The average molecular weight is 519 g/mol. The zero-order valence-corrected chi connectivity index (χ0v) is 23.9. The van der Waals surface area contributed by atoms with Gasteiger partial charge in [0.25, 0.3) is 0 Å². The molecule has 0 aromatic heterocycles. The highest BCUT2D eigenvalue weighted by atomic mass is 32.1. The summed E-state index contributed by atoms with van der Waals surface area (Å²) in [7, 11) is 0. The summed E-state index contributed by atoms with van der Waals surface area (Å²) in [5, 5.41) is 0. The van der Waals surface area contributed by atoms with Gasteiger partial charge < -0.3 is 9.47 Å². The third-order valence-electron chi connectivity index (χ3n) is 6.88. The van der Waals surface area contributed by atoms with Crippen molar-refractivity contribution < 1.29 is 9.47 Å². The number of hydrogen-bond acceptors (Lipinski definition) is 3. The maximum Gasteiger partial charge on any atom is 0.119 e. The van der Waals surface area contributed by atoms with Crippen molar-refractivity contribution in [2.45, 2.75) is 95.8 Å². The van der Waals surface area contributed by atoms with E-state index in [2.05, 4.69) is 80.6 Å². The van der Waals surface area contributed by atoms with Crippen LogP contribution in [0.4, 0.5) is 0 Å². The Morgan fingerprint density at radius 1 is 0.514 bits per heavy atom. The molecule has 0 fully saturated rings. The van der Waals surface area contributed by atoms with E-state index in [0.29, 0.717) is 0 Å². The maximum absolute atomic E-state index is 5.99. The lowest BCUT2D eigenvalue weighted by atomic mass is 9.94. The van der Waals surface area contributed by atoms with E-state index in [4.69, 9.17) is 22.1 Å². The van der Waals surface area contributed by atoms with E-state index >= 15 is 0 Å². The third-order valence-corrected chi connectivity index (χ3v) is 7.26. The van der Waals surface area contributed by atoms with Gasteiger partial charge in [-0.3, -0.25) is 0 Å². The molecule has 3 aromatic carbocycles. The van der Waals surface area contributed by atoms with Gasteiger partial charge in [-0.2, -0.15) is 0 Å². The van der Waals surface area contributed by atoms with E-state index in [1.807, 2.05) is 0 Å². The predicted molar refractivity (Wildman–Crippen MR) is 162 cm³/mol. The molecule has 0 atom stereocenters. The zero-order valence-electron chi connectivity index (χ0n) is 23.0. The molecule has 0 radical (unpaired) electrons. The van der Waals surface area contributed by atoms with Gasteiger partial charge in [-0.1, -0.05) is 114 Å². The van der Waals surface area contributed by atoms with Crippen molar-refractivity contribution in [2.24, 2.45) is 0 Å². The van der Waals surface area contributed by atoms with Crippen LogP contribution >= 0.6 is 12.6 Å². The predicted octanol–water partition coefficient (Wildman–Crippen LogP) is 10.8. The second-order valence-corrected chi connectivity index (χ2v) is 10.5. The highest BCUT2D eigenvalue weighted by molar-refractivity contribution is 7.80. The molecule has 2 nitrogen and oxygen atoms in total. The van der Waals surface area contributed by atoms with Crippen LogP contribution in [-0.2, 0) is 0 Å². The van der Waals surface area contributed by atoms with Gasteiger partial charge in [-0.15, -0.1) is 12.6 Å². The minimum atomic E-state index is 0.785. The summed E-state index contributed by atoms with van der Waals surface area (Å²) in [4.78, 5) is 0.974. The van der Waals surface area contributed by atoms with E-state index in [0.717, 1.165) is 53.6 Å². The quantitative estimate of drug-likeness (QED) is 0.133. The van der Waals surface area contributed by atoms with E-state index in [1.54, 1.807) is 0 Å². The maximum atomic E-state index is 5.99. The van der Waals surface area contributed by atoms with E-state index in [-0.39, 0.29) is 0 Å². The zero-order chi connectivity index (χ0) is 26.1. The van der Waals surface area contributed by atoms with Crippen molar-refractivity contribution in [1.29, 1.82) is 0 Å². The standard InChI is InChI=1S/C34H46O2S/c1-3-5-7-9-11-13-26-35-30-22-18-28(19-23-30)32-16-15-17-33(37)34(32)29-20-24-31(25-21-29)36-27-14-12-10-8-6-4-2/h15-25,37H,3-14,26-27H2,1-2H3. The molecule has 200 valence electrons. The van der Waals surface area contributed by atoms with Crippen LogP contribution in [0.1, 0.15) is 90.9 Å². The molecule has 0 N–H and O–H groups in total. The van der Waals surface area contributed by atoms with Gasteiger partial charge in [0.05, 0.1) is 13.2 Å². The van der Waals surface area contributed by atoms with Crippen molar-refractivity contribution in [2.75, 3.05) is 13.2 Å². The summed E-state index contributed by atoms with van der Waals surface area (Å²) in [6, 6.07) is 23.2. The van der Waals surface area contributed by atoms with Gasteiger partial charge in [-0.25, -0.2) is 0 Å². The Morgan fingerprint density at radius 2 is 0.973 bits per heavy atom. The van der Waals surface area contributed by atoms with Crippen molar-refractivity contribution in [3.63, 3.8) is 0 Å². The van der Waals surface area contributed by atoms with Gasteiger partial charge in [-0.05, 0) is 59.9 Å². The fourth-order valence-corrected chi connectivity index (χ4v) is 5.01. The Labute approximate surface area is 231 Å². The molecule has 3 aromatic rings. The Balaban J connectivity index is 1.56. The first-order chi connectivity index (χ1) is 18.2. The number of rotatable bonds is 18. The van der Waals surface area contributed by atoms with Crippen LogP contribution in [0.3, 0.4) is 0 Å². The third kappa shape index (κ3) is 10.1. The summed E-state index contributed by atoms with van der Waals surface area (Å²) in [6.45, 7) is 6.08. The molecule has 0 saturated carbocycles. The second-order valence-electron chi connectivity index (χ2n) is 9.98. The lowest BCUT2D eigenvalue weighted by Gasteiger charge is -2.14. The number of thiol groups is 1. The minimum Gasteiger partial charge on any atom is -0.494 e. The van der Waals surface area contributed by atoms with Crippen LogP contribution in [-0.4, -0.2) is 13.2 Å². The summed E-state index contributed by atoms with van der Waals surface area (Å²) in [5.41, 5.74) is 4.64. The summed E-state index contributed by atoms with van der Waals surface area (Å²) in [6.07, 6.45) is 15.3. The van der Waals surface area contributed by atoms with Gasteiger partial charge >= 0.3 is 0 Å². The molecule has 0 aliphatic heterocycles. The first kappa shape index (κ1) is 29.2. The first-order valence-corrected chi connectivity index (χ1v) is 15.0. The van der Waals surface area contributed by atoms with Crippen molar-refractivity contribution >= 4 is 12.6 Å². The first-order valence-electron chi connectivity index (χ1n) is 14.5. The molecular formula is C34H46O2S. The van der Waals surface area contributed by atoms with Crippen LogP contribution in [0, 0.1) is 0 Å². The molecule has 0 spiro atoms. The van der Waals surface area contributed by atoms with E-state index in [1.165, 1.54) is 75.3 Å². The Morgan fingerprint density at radius 3 is 1.49 bits per heavy atom. The molecule has 0 bridgehead atoms. The molecule has 0 aliphatic carbocycles. The monoisotopic (exact) mass is 518 g/mol. The van der Waals surface area contributed by atoms with Crippen molar-refractivity contribution in [3.05, 3.63) is 66.7 Å². The molecule has 0 heterocycles. The van der Waals surface area contributed by atoms with Crippen LogP contribution in [0.25, 0.3) is 22.3 Å². The number of ether oxygens (including phenoxy) is 2. The molecular weight excluding hydrogens is 472 g/mol. The molecule has 3 rings (SSSR count). The highest BCUT2D eigenvalue weighted by Crippen LogP contribution is 2.38. The van der Waals surface area contributed by atoms with E-state index < -0.39 is 0 Å². The van der Waals surface area contributed by atoms with Crippen LogP contribution in [0.15, 0.2) is 71.6 Å². The molecule has 0 unspecified atom stereocenters.